The predicted octanol–water partition coefficient (Wildman–Crippen LogP) is 5.17. The molecule has 4 heteroatoms. The minimum absolute atomic E-state index is 0.127. The van der Waals surface area contributed by atoms with Crippen LogP contribution in [0.2, 0.25) is 0 Å². The van der Waals surface area contributed by atoms with Crippen LogP contribution in [0.15, 0.2) is 59.3 Å². The van der Waals surface area contributed by atoms with Gasteiger partial charge in [0.2, 0.25) is 0 Å². The molecule has 3 N–H and O–H groups in total. The van der Waals surface area contributed by atoms with Crippen LogP contribution in [0.25, 0.3) is 0 Å². The van der Waals surface area contributed by atoms with Crippen LogP contribution in [0.3, 0.4) is 0 Å². The van der Waals surface area contributed by atoms with Crippen molar-refractivity contribution in [3.8, 4) is 0 Å². The van der Waals surface area contributed by atoms with Crippen LogP contribution in [-0.2, 0) is 4.74 Å². The van der Waals surface area contributed by atoms with E-state index in [9.17, 15) is 15.3 Å². The van der Waals surface area contributed by atoms with E-state index in [2.05, 4.69) is 31.7 Å². The molecule has 3 aliphatic carbocycles. The monoisotopic (exact) mass is 442 g/mol. The zero-order valence-electron chi connectivity index (χ0n) is 20.1. The largest absolute Gasteiger partial charge is 0.393 e. The first-order valence-electron chi connectivity index (χ1n) is 12.3. The van der Waals surface area contributed by atoms with Crippen molar-refractivity contribution < 1.29 is 20.1 Å². The van der Waals surface area contributed by atoms with Gasteiger partial charge in [-0.05, 0) is 73.0 Å². The second-order valence-electron chi connectivity index (χ2n) is 10.1. The third-order valence-electron chi connectivity index (χ3n) is 8.10. The number of allylic oxidation sites excluding steroid dienone is 4. The lowest BCUT2D eigenvalue weighted by Crippen LogP contribution is -2.32. The summed E-state index contributed by atoms with van der Waals surface area (Å²) in [6, 6.07) is 0. The van der Waals surface area contributed by atoms with E-state index >= 15 is 0 Å². The van der Waals surface area contributed by atoms with Crippen molar-refractivity contribution in [1.29, 1.82) is 0 Å². The Balaban J connectivity index is 1.62. The number of aliphatic hydroxyl groups is 3. The highest BCUT2D eigenvalue weighted by Gasteiger charge is 2.44. The van der Waals surface area contributed by atoms with Crippen LogP contribution in [-0.4, -0.2) is 46.3 Å². The average molecular weight is 443 g/mol. The molecule has 0 aromatic rings. The summed E-state index contributed by atoms with van der Waals surface area (Å²) in [6.45, 7) is 11.6. The third kappa shape index (κ3) is 5.53. The lowest BCUT2D eigenvalue weighted by molar-refractivity contribution is 0.0810. The van der Waals surface area contributed by atoms with Gasteiger partial charge in [-0.1, -0.05) is 63.3 Å². The molecule has 0 unspecified atom stereocenters. The Morgan fingerprint density at radius 3 is 2.72 bits per heavy atom. The normalized spacial score (nSPS) is 33.9. The fourth-order valence-corrected chi connectivity index (χ4v) is 5.58. The van der Waals surface area contributed by atoms with Gasteiger partial charge in [0.15, 0.2) is 0 Å². The van der Waals surface area contributed by atoms with Crippen molar-refractivity contribution in [3.63, 3.8) is 0 Å². The fraction of sp³-hybridized carbons (Fsp3) is 0.643. The molecule has 2 saturated carbocycles. The van der Waals surface area contributed by atoms with Gasteiger partial charge < -0.3 is 20.1 Å². The number of fused-ring (bicyclic) bond motifs is 1. The average Bonchev–Trinajstić information content (AvgIpc) is 3.11. The SMILES string of the molecule is C=C1C(=CC=C2CCC[C@]3(C)C(COC/C=C/C(O)(CC)CC)=CC[C@@H]23)C[C@@H](O)C[C@@H]1O. The molecule has 4 atom stereocenters. The van der Waals surface area contributed by atoms with E-state index in [-0.39, 0.29) is 5.41 Å². The van der Waals surface area contributed by atoms with Crippen molar-refractivity contribution in [2.75, 3.05) is 13.2 Å². The van der Waals surface area contributed by atoms with Gasteiger partial charge in [-0.2, -0.15) is 0 Å². The summed E-state index contributed by atoms with van der Waals surface area (Å²) in [5.74, 6) is 0.485. The molecule has 32 heavy (non-hydrogen) atoms. The summed E-state index contributed by atoms with van der Waals surface area (Å²) in [5.41, 5.74) is 3.97. The second kappa shape index (κ2) is 10.6. The molecule has 4 nitrogen and oxygen atoms in total. The second-order valence-corrected chi connectivity index (χ2v) is 10.1. The lowest BCUT2D eigenvalue weighted by atomic mass is 9.64. The van der Waals surface area contributed by atoms with E-state index < -0.39 is 17.8 Å². The topological polar surface area (TPSA) is 69.9 Å². The summed E-state index contributed by atoms with van der Waals surface area (Å²) in [7, 11) is 0. The number of aliphatic hydroxyl groups excluding tert-OH is 2. The molecule has 178 valence electrons. The molecule has 3 rings (SSSR count). The van der Waals surface area contributed by atoms with Gasteiger partial charge >= 0.3 is 0 Å². The lowest BCUT2D eigenvalue weighted by Gasteiger charge is -2.41. The minimum atomic E-state index is -0.722. The Morgan fingerprint density at radius 2 is 2.00 bits per heavy atom. The quantitative estimate of drug-likeness (QED) is 0.358. The molecule has 0 saturated heterocycles. The van der Waals surface area contributed by atoms with Gasteiger partial charge in [0.1, 0.15) is 0 Å². The summed E-state index contributed by atoms with van der Waals surface area (Å²) in [5, 5.41) is 30.5. The molecule has 0 aromatic heterocycles. The Kier molecular flexibility index (Phi) is 8.37. The summed E-state index contributed by atoms with van der Waals surface area (Å²) in [6.07, 6.45) is 16.2. The molecule has 0 heterocycles. The van der Waals surface area contributed by atoms with Gasteiger partial charge in [0, 0.05) is 6.42 Å². The first-order valence-corrected chi connectivity index (χ1v) is 12.3. The molecule has 0 amide bonds. The van der Waals surface area contributed by atoms with Gasteiger partial charge in [-0.15, -0.1) is 0 Å². The fourth-order valence-electron chi connectivity index (χ4n) is 5.58. The maximum absolute atomic E-state index is 10.4. The van der Waals surface area contributed by atoms with Crippen LogP contribution in [0.4, 0.5) is 0 Å². The molecule has 0 bridgehead atoms. The van der Waals surface area contributed by atoms with Crippen LogP contribution in [0.1, 0.15) is 72.1 Å². The molecule has 0 radical (unpaired) electrons. The highest BCUT2D eigenvalue weighted by molar-refractivity contribution is 5.40. The van der Waals surface area contributed by atoms with Crippen LogP contribution in [0.5, 0.6) is 0 Å². The summed E-state index contributed by atoms with van der Waals surface area (Å²) >= 11 is 0. The molecule has 2 fully saturated rings. The standard InChI is InChI=1S/C28H42O4/c1-5-28(31,6-2)15-8-16-32-19-23-12-13-25-21(9-7-14-27(23,25)4)10-11-22-17-24(29)18-26(30)20(22)3/h8,10-12,15,24-26,29-31H,3,5-7,9,13-14,16-19H2,1-2,4H3/b15-8+,21-10?,22-11?/t24-,25+,26+,27-/m1/s1. The van der Waals surface area contributed by atoms with Crippen molar-refractivity contribution in [2.45, 2.75) is 89.9 Å². The zero-order valence-corrected chi connectivity index (χ0v) is 20.1. The van der Waals surface area contributed by atoms with Gasteiger partial charge in [-0.25, -0.2) is 0 Å². The van der Waals surface area contributed by atoms with Crippen molar-refractivity contribution >= 4 is 0 Å². The predicted molar refractivity (Wildman–Crippen MR) is 130 cm³/mol. The summed E-state index contributed by atoms with van der Waals surface area (Å²) < 4.78 is 5.98. The Hall–Kier alpha value is -1.46. The van der Waals surface area contributed by atoms with Gasteiger partial charge in [0.25, 0.3) is 0 Å². The molecule has 0 aliphatic heterocycles. The Bertz CT molecular complexity index is 798. The first-order chi connectivity index (χ1) is 15.2. The van der Waals surface area contributed by atoms with Gasteiger partial charge in [-0.3, -0.25) is 0 Å². The number of hydrogen-bond acceptors (Lipinski definition) is 4. The van der Waals surface area contributed by atoms with Crippen molar-refractivity contribution in [1.82, 2.24) is 0 Å². The maximum atomic E-state index is 10.4. The zero-order chi connectivity index (χ0) is 23.4. The molecule has 3 aliphatic rings. The van der Waals surface area contributed by atoms with E-state index in [1.54, 1.807) is 0 Å². The summed E-state index contributed by atoms with van der Waals surface area (Å²) in [4.78, 5) is 0. The van der Waals surface area contributed by atoms with E-state index in [0.717, 1.165) is 30.4 Å². The minimum Gasteiger partial charge on any atom is -0.393 e. The van der Waals surface area contributed by atoms with E-state index in [0.29, 0.717) is 44.8 Å². The van der Waals surface area contributed by atoms with Crippen LogP contribution in [0, 0.1) is 11.3 Å². The third-order valence-corrected chi connectivity index (χ3v) is 8.10. The molecule has 0 spiro atoms. The Labute approximate surface area is 194 Å². The number of ether oxygens (including phenoxy) is 1. The van der Waals surface area contributed by atoms with Gasteiger partial charge in [0.05, 0.1) is 31.0 Å². The number of rotatable bonds is 8. The highest BCUT2D eigenvalue weighted by atomic mass is 16.5. The highest BCUT2D eigenvalue weighted by Crippen LogP contribution is 2.54. The molecular weight excluding hydrogens is 400 g/mol. The number of hydrogen-bond donors (Lipinski definition) is 3. The maximum Gasteiger partial charge on any atom is 0.0823 e. The van der Waals surface area contributed by atoms with E-state index in [4.69, 9.17) is 4.74 Å². The molecule has 0 aromatic carbocycles. The molecular formula is C28H42O4. The first kappa shape index (κ1) is 25.2. The van der Waals surface area contributed by atoms with E-state index in [1.807, 2.05) is 26.0 Å². The van der Waals surface area contributed by atoms with E-state index in [1.165, 1.54) is 17.6 Å². The van der Waals surface area contributed by atoms with Crippen LogP contribution >= 0.6 is 0 Å². The van der Waals surface area contributed by atoms with Crippen molar-refractivity contribution in [3.05, 3.63) is 59.3 Å². The van der Waals surface area contributed by atoms with Crippen LogP contribution < -0.4 is 0 Å². The Morgan fingerprint density at radius 1 is 1.25 bits per heavy atom. The van der Waals surface area contributed by atoms with Crippen molar-refractivity contribution in [2.24, 2.45) is 11.3 Å². The smallest absolute Gasteiger partial charge is 0.0823 e.